The molecule has 3 rings (SSSR count). The van der Waals surface area contributed by atoms with Crippen molar-refractivity contribution in [3.05, 3.63) is 66.8 Å². The number of aromatic nitrogens is 1. The molecule has 3 aromatic rings. The number of amides is 1. The summed E-state index contributed by atoms with van der Waals surface area (Å²) in [6.07, 6.45) is 3.19. The lowest BCUT2D eigenvalue weighted by molar-refractivity contribution is 0.0997. The highest BCUT2D eigenvalue weighted by Gasteiger charge is 2.17. The fourth-order valence-electron chi connectivity index (χ4n) is 2.71. The van der Waals surface area contributed by atoms with E-state index in [1.165, 1.54) is 6.26 Å². The van der Waals surface area contributed by atoms with Gasteiger partial charge in [-0.25, -0.2) is 4.98 Å². The minimum Gasteiger partial charge on any atom is -0.459 e. The third-order valence-corrected chi connectivity index (χ3v) is 4.05. The minimum atomic E-state index is -0.291. The van der Waals surface area contributed by atoms with Crippen molar-refractivity contribution in [1.29, 1.82) is 0 Å². The zero-order valence-electron chi connectivity index (χ0n) is 14.4. The second-order valence-corrected chi connectivity index (χ2v) is 5.56. The van der Waals surface area contributed by atoms with Gasteiger partial charge in [0.2, 0.25) is 0 Å². The van der Waals surface area contributed by atoms with Gasteiger partial charge in [-0.2, -0.15) is 0 Å². The molecule has 0 atom stereocenters. The van der Waals surface area contributed by atoms with Gasteiger partial charge in [-0.05, 0) is 37.6 Å². The fraction of sp³-hybridized carbons (Fsp3) is 0.200. The first kappa shape index (κ1) is 16.8. The number of carbonyl (C=O) groups is 1. The Balaban J connectivity index is 1.76. The second-order valence-electron chi connectivity index (χ2n) is 5.56. The molecule has 2 aromatic heterocycles. The summed E-state index contributed by atoms with van der Waals surface area (Å²) in [5.41, 5.74) is 2.35. The average Bonchev–Trinajstić information content (AvgIpc) is 3.15. The summed E-state index contributed by atoms with van der Waals surface area (Å²) in [4.78, 5) is 19.1. The van der Waals surface area contributed by atoms with E-state index in [9.17, 15) is 4.79 Å². The summed E-state index contributed by atoms with van der Waals surface area (Å²) in [5, 5.41) is 2.84. The van der Waals surface area contributed by atoms with Crippen LogP contribution in [0.4, 0.5) is 11.5 Å². The van der Waals surface area contributed by atoms with E-state index in [0.717, 1.165) is 30.0 Å². The number of nitrogens with one attached hydrogen (secondary N) is 1. The molecule has 1 aromatic carbocycles. The van der Waals surface area contributed by atoms with E-state index < -0.39 is 0 Å². The second kappa shape index (κ2) is 7.66. The Kier molecular flexibility index (Phi) is 5.14. The van der Waals surface area contributed by atoms with Crippen LogP contribution in [0, 0.1) is 0 Å². The molecule has 5 heteroatoms. The predicted octanol–water partition coefficient (Wildman–Crippen LogP) is 4.44. The van der Waals surface area contributed by atoms with Crippen LogP contribution < -0.4 is 10.2 Å². The van der Waals surface area contributed by atoms with E-state index in [1.54, 1.807) is 12.3 Å². The van der Waals surface area contributed by atoms with Crippen LogP contribution in [0.2, 0.25) is 0 Å². The summed E-state index contributed by atoms with van der Waals surface area (Å²) >= 11 is 0. The Labute approximate surface area is 147 Å². The average molecular weight is 335 g/mol. The number of rotatable bonds is 6. The molecule has 0 bridgehead atoms. The lowest BCUT2D eigenvalue weighted by atomic mass is 10.1. The molecular weight excluding hydrogens is 314 g/mol. The summed E-state index contributed by atoms with van der Waals surface area (Å²) < 4.78 is 5.41. The first-order valence-corrected chi connectivity index (χ1v) is 8.38. The van der Waals surface area contributed by atoms with Crippen molar-refractivity contribution in [2.45, 2.75) is 13.8 Å². The number of hydrogen-bond acceptors (Lipinski definition) is 4. The number of nitrogens with zero attached hydrogens (tertiary/aromatic N) is 2. The van der Waals surface area contributed by atoms with Crippen molar-refractivity contribution in [3.63, 3.8) is 0 Å². The summed E-state index contributed by atoms with van der Waals surface area (Å²) in [6.45, 7) is 5.95. The summed E-state index contributed by atoms with van der Waals surface area (Å²) in [5.74, 6) is 0.895. The molecule has 0 fully saturated rings. The highest BCUT2D eigenvalue weighted by molar-refractivity contribution is 6.06. The number of carbonyl (C=O) groups excluding carboxylic acids is 1. The van der Waals surface area contributed by atoms with Gasteiger partial charge in [-0.3, -0.25) is 4.79 Å². The molecular formula is C20H21N3O2. The molecule has 0 spiro atoms. The van der Waals surface area contributed by atoms with E-state index in [-0.39, 0.29) is 5.91 Å². The molecule has 0 aliphatic heterocycles. The normalized spacial score (nSPS) is 10.5. The van der Waals surface area contributed by atoms with Crippen LogP contribution in [-0.4, -0.2) is 24.0 Å². The van der Waals surface area contributed by atoms with Crippen molar-refractivity contribution in [2.24, 2.45) is 0 Å². The van der Waals surface area contributed by atoms with Crippen molar-refractivity contribution in [1.82, 2.24) is 4.98 Å². The summed E-state index contributed by atoms with van der Waals surface area (Å²) in [7, 11) is 0. The SMILES string of the molecule is CCN(CC)c1ccc(NC(=O)c2occc2-c2ccccc2)cn1. The van der Waals surface area contributed by atoms with E-state index in [0.29, 0.717) is 11.4 Å². The Morgan fingerprint density at radius 1 is 1.08 bits per heavy atom. The van der Waals surface area contributed by atoms with Crippen molar-refractivity contribution < 1.29 is 9.21 Å². The third-order valence-electron chi connectivity index (χ3n) is 4.05. The largest absolute Gasteiger partial charge is 0.459 e. The van der Waals surface area contributed by atoms with Gasteiger partial charge >= 0.3 is 0 Å². The summed E-state index contributed by atoms with van der Waals surface area (Å²) in [6, 6.07) is 15.2. The molecule has 128 valence electrons. The maximum absolute atomic E-state index is 12.6. The first-order valence-electron chi connectivity index (χ1n) is 8.38. The lowest BCUT2D eigenvalue weighted by Gasteiger charge is -2.19. The molecule has 5 nitrogen and oxygen atoms in total. The molecule has 0 saturated carbocycles. The van der Waals surface area contributed by atoms with Crippen molar-refractivity contribution >= 4 is 17.4 Å². The van der Waals surface area contributed by atoms with E-state index in [2.05, 4.69) is 29.0 Å². The Hall–Kier alpha value is -3.08. The van der Waals surface area contributed by atoms with Crippen molar-refractivity contribution in [2.75, 3.05) is 23.3 Å². The molecule has 1 N–H and O–H groups in total. The minimum absolute atomic E-state index is 0.291. The van der Waals surface area contributed by atoms with Crippen LogP contribution in [-0.2, 0) is 0 Å². The van der Waals surface area contributed by atoms with Crippen LogP contribution in [0.5, 0.6) is 0 Å². The number of hydrogen-bond donors (Lipinski definition) is 1. The molecule has 0 radical (unpaired) electrons. The van der Waals surface area contributed by atoms with Gasteiger partial charge in [0, 0.05) is 18.7 Å². The van der Waals surface area contributed by atoms with Gasteiger partial charge in [0.05, 0.1) is 18.1 Å². The monoisotopic (exact) mass is 335 g/mol. The topological polar surface area (TPSA) is 58.4 Å². The fourth-order valence-corrected chi connectivity index (χ4v) is 2.71. The zero-order valence-corrected chi connectivity index (χ0v) is 14.4. The van der Waals surface area contributed by atoms with E-state index in [4.69, 9.17) is 4.42 Å². The number of pyridine rings is 1. The Bertz CT molecular complexity index is 822. The Morgan fingerprint density at radius 2 is 1.84 bits per heavy atom. The van der Waals surface area contributed by atoms with Gasteiger partial charge in [-0.15, -0.1) is 0 Å². The van der Waals surface area contributed by atoms with Gasteiger partial charge in [0.15, 0.2) is 5.76 Å². The molecule has 1 amide bonds. The van der Waals surface area contributed by atoms with E-state index in [1.807, 2.05) is 42.5 Å². The van der Waals surface area contributed by atoms with Crippen molar-refractivity contribution in [3.8, 4) is 11.1 Å². The van der Waals surface area contributed by atoms with Crippen LogP contribution in [0.15, 0.2) is 65.4 Å². The molecule has 25 heavy (non-hydrogen) atoms. The van der Waals surface area contributed by atoms with Gasteiger partial charge in [0.1, 0.15) is 5.82 Å². The van der Waals surface area contributed by atoms with Crippen LogP contribution in [0.25, 0.3) is 11.1 Å². The van der Waals surface area contributed by atoms with Gasteiger partial charge in [0.25, 0.3) is 5.91 Å². The molecule has 0 saturated heterocycles. The molecule has 2 heterocycles. The maximum atomic E-state index is 12.6. The smallest absolute Gasteiger partial charge is 0.292 e. The van der Waals surface area contributed by atoms with E-state index >= 15 is 0 Å². The van der Waals surface area contributed by atoms with Crippen LogP contribution >= 0.6 is 0 Å². The lowest BCUT2D eigenvalue weighted by Crippen LogP contribution is -2.22. The molecule has 0 aliphatic carbocycles. The van der Waals surface area contributed by atoms with Gasteiger partial charge < -0.3 is 14.6 Å². The quantitative estimate of drug-likeness (QED) is 0.723. The van der Waals surface area contributed by atoms with Gasteiger partial charge in [-0.1, -0.05) is 30.3 Å². The van der Waals surface area contributed by atoms with Crippen LogP contribution in [0.1, 0.15) is 24.4 Å². The molecule has 0 aliphatic rings. The highest BCUT2D eigenvalue weighted by atomic mass is 16.3. The first-order chi connectivity index (χ1) is 12.2. The number of benzene rings is 1. The zero-order chi connectivity index (χ0) is 17.6. The molecule has 0 unspecified atom stereocenters. The third kappa shape index (κ3) is 3.71. The predicted molar refractivity (Wildman–Crippen MR) is 99.9 cm³/mol. The Morgan fingerprint density at radius 3 is 2.48 bits per heavy atom. The number of furan rings is 1. The van der Waals surface area contributed by atoms with Crippen LogP contribution in [0.3, 0.4) is 0 Å². The highest BCUT2D eigenvalue weighted by Crippen LogP contribution is 2.25. The number of anilines is 2. The standard InChI is InChI=1S/C20H21N3O2/c1-3-23(4-2)18-11-10-16(14-21-18)22-20(24)19-17(12-13-25-19)15-8-6-5-7-9-15/h5-14H,3-4H2,1-2H3,(H,22,24). The maximum Gasteiger partial charge on any atom is 0.292 e.